The smallest absolute Gasteiger partial charge is 0.291 e. The zero-order chi connectivity index (χ0) is 12.1. The van der Waals surface area contributed by atoms with Gasteiger partial charge in [-0.3, -0.25) is 9.89 Å². The second kappa shape index (κ2) is 5.29. The Morgan fingerprint density at radius 2 is 2.41 bits per heavy atom. The molecule has 0 aliphatic carbocycles. The Balaban J connectivity index is 1.90. The van der Waals surface area contributed by atoms with Gasteiger partial charge in [0.2, 0.25) is 5.82 Å². The Morgan fingerprint density at radius 1 is 1.53 bits per heavy atom. The summed E-state index contributed by atoms with van der Waals surface area (Å²) in [6.45, 7) is 2.52. The molecule has 2 heterocycles. The van der Waals surface area contributed by atoms with Gasteiger partial charge >= 0.3 is 0 Å². The molecule has 0 aliphatic heterocycles. The van der Waals surface area contributed by atoms with E-state index in [9.17, 15) is 4.79 Å². The molecule has 2 rings (SSSR count). The van der Waals surface area contributed by atoms with Crippen molar-refractivity contribution in [1.82, 2.24) is 25.5 Å². The SMILES string of the molecule is CCCc1nc(C(=O)NCc2cc[nH]c2)n[nH]1. The van der Waals surface area contributed by atoms with Crippen molar-refractivity contribution in [2.45, 2.75) is 26.3 Å². The van der Waals surface area contributed by atoms with Gasteiger partial charge in [0.25, 0.3) is 5.91 Å². The molecule has 0 atom stereocenters. The van der Waals surface area contributed by atoms with Crippen molar-refractivity contribution >= 4 is 5.91 Å². The third kappa shape index (κ3) is 2.93. The van der Waals surface area contributed by atoms with Crippen molar-refractivity contribution in [3.05, 3.63) is 35.7 Å². The van der Waals surface area contributed by atoms with Crippen molar-refractivity contribution < 1.29 is 4.79 Å². The predicted molar refractivity (Wildman–Crippen MR) is 62.3 cm³/mol. The van der Waals surface area contributed by atoms with E-state index < -0.39 is 0 Å². The Labute approximate surface area is 98.9 Å². The van der Waals surface area contributed by atoms with Gasteiger partial charge in [0.05, 0.1) is 0 Å². The van der Waals surface area contributed by atoms with Gasteiger partial charge in [0.15, 0.2) is 0 Å². The minimum Gasteiger partial charge on any atom is -0.367 e. The first-order valence-electron chi connectivity index (χ1n) is 5.60. The summed E-state index contributed by atoms with van der Waals surface area (Å²) in [5.41, 5.74) is 1.02. The molecule has 0 aliphatic rings. The number of aromatic nitrogens is 4. The average Bonchev–Trinajstić information content (AvgIpc) is 2.97. The van der Waals surface area contributed by atoms with Crippen LogP contribution in [0, 0.1) is 0 Å². The lowest BCUT2D eigenvalue weighted by atomic mass is 10.3. The summed E-state index contributed by atoms with van der Waals surface area (Å²) in [5.74, 6) is 0.688. The molecule has 0 saturated heterocycles. The first kappa shape index (κ1) is 11.4. The second-order valence-electron chi connectivity index (χ2n) is 3.76. The molecule has 17 heavy (non-hydrogen) atoms. The molecule has 0 aromatic carbocycles. The fourth-order valence-corrected chi connectivity index (χ4v) is 1.48. The quantitative estimate of drug-likeness (QED) is 0.720. The summed E-state index contributed by atoms with van der Waals surface area (Å²) in [5, 5.41) is 9.38. The number of amides is 1. The molecule has 0 saturated carbocycles. The number of carbonyl (C=O) groups excluding carboxylic acids is 1. The van der Waals surface area contributed by atoms with E-state index in [1.807, 2.05) is 25.4 Å². The largest absolute Gasteiger partial charge is 0.367 e. The number of hydrogen-bond donors (Lipinski definition) is 3. The van der Waals surface area contributed by atoms with Crippen LogP contribution < -0.4 is 5.32 Å². The van der Waals surface area contributed by atoms with Crippen molar-refractivity contribution in [2.75, 3.05) is 0 Å². The highest BCUT2D eigenvalue weighted by molar-refractivity contribution is 5.90. The van der Waals surface area contributed by atoms with Crippen molar-refractivity contribution in [3.8, 4) is 0 Å². The normalized spacial score (nSPS) is 10.4. The molecule has 1 amide bonds. The van der Waals surface area contributed by atoms with Gasteiger partial charge in [-0.05, 0) is 18.1 Å². The highest BCUT2D eigenvalue weighted by Crippen LogP contribution is 1.98. The van der Waals surface area contributed by atoms with Gasteiger partial charge in [-0.25, -0.2) is 4.98 Å². The van der Waals surface area contributed by atoms with E-state index in [1.165, 1.54) is 0 Å². The number of rotatable bonds is 5. The third-order valence-corrected chi connectivity index (χ3v) is 2.34. The fourth-order valence-electron chi connectivity index (χ4n) is 1.48. The van der Waals surface area contributed by atoms with E-state index in [0.717, 1.165) is 24.2 Å². The predicted octanol–water partition coefficient (Wildman–Crippen LogP) is 1.02. The van der Waals surface area contributed by atoms with E-state index in [-0.39, 0.29) is 11.7 Å². The number of nitrogens with zero attached hydrogens (tertiary/aromatic N) is 2. The summed E-state index contributed by atoms with van der Waals surface area (Å²) in [7, 11) is 0. The van der Waals surface area contributed by atoms with Crippen LogP contribution in [0.15, 0.2) is 18.5 Å². The second-order valence-corrected chi connectivity index (χ2v) is 3.76. The number of nitrogens with one attached hydrogen (secondary N) is 3. The number of aromatic amines is 2. The van der Waals surface area contributed by atoms with Gasteiger partial charge in [-0.2, -0.15) is 0 Å². The summed E-state index contributed by atoms with van der Waals surface area (Å²) in [4.78, 5) is 18.7. The topological polar surface area (TPSA) is 86.5 Å². The van der Waals surface area contributed by atoms with Gasteiger partial charge in [0, 0.05) is 25.4 Å². The molecule has 90 valence electrons. The lowest BCUT2D eigenvalue weighted by molar-refractivity contribution is 0.0941. The zero-order valence-electron chi connectivity index (χ0n) is 9.66. The molecule has 0 spiro atoms. The minimum atomic E-state index is -0.259. The molecule has 0 fully saturated rings. The maximum atomic E-state index is 11.7. The van der Waals surface area contributed by atoms with Crippen molar-refractivity contribution in [1.29, 1.82) is 0 Å². The number of H-pyrrole nitrogens is 2. The molecule has 6 nitrogen and oxygen atoms in total. The standard InChI is InChI=1S/C11H15N5O/c1-2-3-9-14-10(16-15-9)11(17)13-7-8-4-5-12-6-8/h4-6,12H,2-3,7H2,1H3,(H,13,17)(H,14,15,16). The van der Waals surface area contributed by atoms with Gasteiger partial charge in [-0.1, -0.05) is 6.92 Å². The van der Waals surface area contributed by atoms with E-state index in [1.54, 1.807) is 0 Å². The maximum Gasteiger partial charge on any atom is 0.291 e. The lowest BCUT2D eigenvalue weighted by Gasteiger charge is -1.99. The number of carbonyl (C=O) groups is 1. The molecule has 0 bridgehead atoms. The Bertz CT molecular complexity index is 474. The molecule has 0 unspecified atom stereocenters. The summed E-state index contributed by atoms with van der Waals surface area (Å²) >= 11 is 0. The maximum absolute atomic E-state index is 11.7. The Kier molecular flexibility index (Phi) is 3.54. The van der Waals surface area contributed by atoms with Crippen LogP contribution in [0.5, 0.6) is 0 Å². The number of aryl methyl sites for hydroxylation is 1. The lowest BCUT2D eigenvalue weighted by Crippen LogP contribution is -2.23. The Morgan fingerprint density at radius 3 is 3.12 bits per heavy atom. The number of hydrogen-bond acceptors (Lipinski definition) is 3. The third-order valence-electron chi connectivity index (χ3n) is 2.34. The summed E-state index contributed by atoms with van der Waals surface area (Å²) < 4.78 is 0. The van der Waals surface area contributed by atoms with Crippen molar-refractivity contribution in [3.63, 3.8) is 0 Å². The van der Waals surface area contributed by atoms with E-state index >= 15 is 0 Å². The van der Waals surface area contributed by atoms with Crippen LogP contribution in [0.4, 0.5) is 0 Å². The van der Waals surface area contributed by atoms with Crippen LogP contribution in [0.25, 0.3) is 0 Å². The first-order valence-corrected chi connectivity index (χ1v) is 5.60. The van der Waals surface area contributed by atoms with Crippen LogP contribution >= 0.6 is 0 Å². The van der Waals surface area contributed by atoms with Gasteiger partial charge < -0.3 is 10.3 Å². The molecular weight excluding hydrogens is 218 g/mol. The van der Waals surface area contributed by atoms with Crippen LogP contribution in [0.2, 0.25) is 0 Å². The van der Waals surface area contributed by atoms with Crippen LogP contribution in [0.3, 0.4) is 0 Å². The van der Waals surface area contributed by atoms with E-state index in [2.05, 4.69) is 25.5 Å². The van der Waals surface area contributed by atoms with Crippen LogP contribution in [0.1, 0.15) is 35.4 Å². The molecule has 2 aromatic heterocycles. The molecule has 0 radical (unpaired) electrons. The highest BCUT2D eigenvalue weighted by atomic mass is 16.2. The molecular formula is C11H15N5O. The minimum absolute atomic E-state index is 0.198. The Hall–Kier alpha value is -2.11. The van der Waals surface area contributed by atoms with Crippen LogP contribution in [-0.4, -0.2) is 26.1 Å². The first-order chi connectivity index (χ1) is 8.29. The van der Waals surface area contributed by atoms with Gasteiger partial charge in [-0.15, -0.1) is 5.10 Å². The molecule has 2 aromatic rings. The van der Waals surface area contributed by atoms with E-state index in [4.69, 9.17) is 0 Å². The molecule has 6 heteroatoms. The fraction of sp³-hybridized carbons (Fsp3) is 0.364. The summed E-state index contributed by atoms with van der Waals surface area (Å²) in [6, 6.07) is 1.90. The monoisotopic (exact) mass is 233 g/mol. The molecule has 3 N–H and O–H groups in total. The average molecular weight is 233 g/mol. The van der Waals surface area contributed by atoms with E-state index in [0.29, 0.717) is 6.54 Å². The highest BCUT2D eigenvalue weighted by Gasteiger charge is 2.11. The zero-order valence-corrected chi connectivity index (χ0v) is 9.66. The van der Waals surface area contributed by atoms with Crippen molar-refractivity contribution in [2.24, 2.45) is 0 Å². The van der Waals surface area contributed by atoms with Gasteiger partial charge in [0.1, 0.15) is 5.82 Å². The van der Waals surface area contributed by atoms with Crippen LogP contribution in [-0.2, 0) is 13.0 Å². The summed E-state index contributed by atoms with van der Waals surface area (Å²) in [6.07, 6.45) is 5.42.